The number of pyridine rings is 1. The number of piperidine rings is 1. The molecule has 6 rings (SSSR count). The highest BCUT2D eigenvalue weighted by Crippen LogP contribution is 2.55. The molecule has 18 heteroatoms. The van der Waals surface area contributed by atoms with Gasteiger partial charge in [0.25, 0.3) is 5.91 Å². The van der Waals surface area contributed by atoms with E-state index in [1.165, 1.54) is 16.7 Å². The number of nitriles is 1. The molecule has 314 valence electrons. The van der Waals surface area contributed by atoms with E-state index in [-0.39, 0.29) is 61.6 Å². The molecule has 2 aliphatic heterocycles. The Hall–Kier alpha value is -4.08. The molecule has 2 aromatic heterocycles. The quantitative estimate of drug-likeness (QED) is 0.197. The molecule has 0 atom stereocenters. The summed E-state index contributed by atoms with van der Waals surface area (Å²) in [6.07, 6.45) is 2.75. The van der Waals surface area contributed by atoms with Crippen LogP contribution >= 0.6 is 11.6 Å². The highest BCUT2D eigenvalue weighted by Gasteiger charge is 2.64. The molecule has 2 saturated heterocycles. The number of hydrogen-bond acceptors (Lipinski definition) is 11. The molecule has 13 nitrogen and oxygen atoms in total. The minimum absolute atomic E-state index is 0.0615. The van der Waals surface area contributed by atoms with Gasteiger partial charge in [-0.1, -0.05) is 39.3 Å². The van der Waals surface area contributed by atoms with E-state index in [2.05, 4.69) is 25.2 Å². The zero-order valence-corrected chi connectivity index (χ0v) is 34.7. The lowest BCUT2D eigenvalue weighted by Crippen LogP contribution is -2.74. The molecule has 3 aromatic rings. The number of nitrogens with one attached hydrogen (secondary N) is 1. The van der Waals surface area contributed by atoms with Gasteiger partial charge in [-0.05, 0) is 50.6 Å². The van der Waals surface area contributed by atoms with Crippen LogP contribution in [0.25, 0.3) is 0 Å². The average molecular weight is 847 g/mol. The molecule has 3 fully saturated rings. The molecule has 1 saturated carbocycles. The standard InChI is InChI=1S/C40H50ClF3N8O5S/c1-38(2)36(39(3,4)37(38)57-31-7-6-28(22-45)32(41)21-31)49-35(53)34-26-47-33(25-48-34)27-8-10-50(11-9-27)16-18-56-17-5-19-58(54,55)52-14-12-51(13-15-52)30-20-29(23-46-24-30)40(42,43)44/h6-7,20-21,23-27,36-37H,5,8-19H2,1-4H3,(H,49,53). The highest BCUT2D eigenvalue weighted by molar-refractivity contribution is 7.89. The van der Waals surface area contributed by atoms with E-state index in [1.807, 2.05) is 33.8 Å². The van der Waals surface area contributed by atoms with Crippen molar-refractivity contribution in [3.8, 4) is 11.8 Å². The van der Waals surface area contributed by atoms with Crippen molar-refractivity contribution in [2.45, 2.75) is 71.2 Å². The Morgan fingerprint density at radius 2 is 1.69 bits per heavy atom. The van der Waals surface area contributed by atoms with Crippen LogP contribution in [0.4, 0.5) is 18.9 Å². The molecule has 0 bridgehead atoms. The molecule has 4 heterocycles. The van der Waals surface area contributed by atoms with Crippen molar-refractivity contribution in [2.75, 3.05) is 69.7 Å². The van der Waals surface area contributed by atoms with Gasteiger partial charge in [0, 0.05) is 80.6 Å². The third kappa shape index (κ3) is 9.85. The monoisotopic (exact) mass is 846 g/mol. The number of halogens is 4. The van der Waals surface area contributed by atoms with Crippen LogP contribution in [0, 0.1) is 22.2 Å². The molecule has 1 amide bonds. The fourth-order valence-electron chi connectivity index (χ4n) is 8.67. The molecular formula is C40H50ClF3N8O5S. The predicted molar refractivity (Wildman–Crippen MR) is 212 cm³/mol. The number of alkyl halides is 3. The molecule has 0 spiro atoms. The topological polar surface area (TPSA) is 154 Å². The summed E-state index contributed by atoms with van der Waals surface area (Å²) in [5.74, 6) is 0.419. The Balaban J connectivity index is 0.868. The van der Waals surface area contributed by atoms with Crippen LogP contribution in [0.3, 0.4) is 0 Å². The van der Waals surface area contributed by atoms with E-state index < -0.39 is 32.6 Å². The third-order valence-electron chi connectivity index (χ3n) is 11.6. The van der Waals surface area contributed by atoms with E-state index in [1.54, 1.807) is 29.3 Å². The third-order valence-corrected chi connectivity index (χ3v) is 13.9. The van der Waals surface area contributed by atoms with Crippen LogP contribution in [0.15, 0.2) is 49.1 Å². The van der Waals surface area contributed by atoms with Gasteiger partial charge in [-0.25, -0.2) is 13.4 Å². The Morgan fingerprint density at radius 3 is 2.31 bits per heavy atom. The van der Waals surface area contributed by atoms with Crippen molar-refractivity contribution in [3.63, 3.8) is 0 Å². The summed E-state index contributed by atoms with van der Waals surface area (Å²) in [6.45, 7) is 12.3. The number of anilines is 1. The first kappa shape index (κ1) is 43.5. The zero-order chi connectivity index (χ0) is 41.9. The van der Waals surface area contributed by atoms with Crippen LogP contribution in [0.1, 0.15) is 80.2 Å². The van der Waals surface area contributed by atoms with Crippen LogP contribution in [-0.4, -0.2) is 115 Å². The van der Waals surface area contributed by atoms with Crippen LogP contribution < -0.4 is 15.0 Å². The smallest absolute Gasteiger partial charge is 0.417 e. The number of hydrogen-bond donors (Lipinski definition) is 1. The summed E-state index contributed by atoms with van der Waals surface area (Å²) in [4.78, 5) is 30.2. The lowest BCUT2D eigenvalue weighted by molar-refractivity contribution is -0.164. The van der Waals surface area contributed by atoms with E-state index in [4.69, 9.17) is 21.1 Å². The van der Waals surface area contributed by atoms with Gasteiger partial charge in [0.1, 0.15) is 23.6 Å². The Bertz CT molecular complexity index is 2050. The largest absolute Gasteiger partial charge is 0.489 e. The summed E-state index contributed by atoms with van der Waals surface area (Å²) in [6, 6.07) is 7.88. The van der Waals surface area contributed by atoms with Gasteiger partial charge in [0.15, 0.2) is 0 Å². The summed E-state index contributed by atoms with van der Waals surface area (Å²) in [5.41, 5.74) is 0.141. The van der Waals surface area contributed by atoms with Gasteiger partial charge in [-0.2, -0.15) is 22.7 Å². The van der Waals surface area contributed by atoms with Gasteiger partial charge in [-0.15, -0.1) is 0 Å². The minimum atomic E-state index is -4.50. The lowest BCUT2D eigenvalue weighted by Gasteiger charge is -2.63. The van der Waals surface area contributed by atoms with E-state index >= 15 is 0 Å². The van der Waals surface area contributed by atoms with E-state index in [0.29, 0.717) is 41.7 Å². The highest BCUT2D eigenvalue weighted by atomic mass is 35.5. The van der Waals surface area contributed by atoms with Crippen molar-refractivity contribution in [1.82, 2.24) is 29.5 Å². The number of carbonyl (C=O) groups is 1. The average Bonchev–Trinajstić information content (AvgIpc) is 3.20. The van der Waals surface area contributed by atoms with Crippen LogP contribution in [-0.2, 0) is 20.9 Å². The van der Waals surface area contributed by atoms with Crippen molar-refractivity contribution in [2.24, 2.45) is 10.8 Å². The van der Waals surface area contributed by atoms with Gasteiger partial charge in [0.2, 0.25) is 10.0 Å². The number of benzene rings is 1. The maximum absolute atomic E-state index is 13.3. The summed E-state index contributed by atoms with van der Waals surface area (Å²) in [5, 5.41) is 12.7. The minimum Gasteiger partial charge on any atom is -0.489 e. The second kappa shape index (κ2) is 17.6. The normalized spacial score (nSPS) is 21.5. The molecule has 0 unspecified atom stereocenters. The Kier molecular flexibility index (Phi) is 13.2. The van der Waals surface area contributed by atoms with Gasteiger partial charge < -0.3 is 24.6 Å². The van der Waals surface area contributed by atoms with Gasteiger partial charge >= 0.3 is 6.18 Å². The van der Waals surface area contributed by atoms with Gasteiger partial charge in [0.05, 0.1) is 52.3 Å². The maximum Gasteiger partial charge on any atom is 0.417 e. The van der Waals surface area contributed by atoms with Crippen molar-refractivity contribution < 1.29 is 35.9 Å². The number of aromatic nitrogens is 3. The number of carbonyl (C=O) groups excluding carboxylic acids is 1. The molecular weight excluding hydrogens is 797 g/mol. The first-order valence-corrected chi connectivity index (χ1v) is 21.4. The number of nitrogens with zero attached hydrogens (tertiary/aromatic N) is 7. The Morgan fingerprint density at radius 1 is 0.983 bits per heavy atom. The number of rotatable bonds is 14. The molecule has 0 radical (unpaired) electrons. The lowest BCUT2D eigenvalue weighted by atomic mass is 9.49. The molecule has 1 aromatic carbocycles. The maximum atomic E-state index is 13.3. The van der Waals surface area contributed by atoms with Crippen molar-refractivity contribution in [1.29, 1.82) is 5.26 Å². The predicted octanol–water partition coefficient (Wildman–Crippen LogP) is 5.77. The second-order valence-corrected chi connectivity index (χ2v) is 18.8. The van der Waals surface area contributed by atoms with Crippen molar-refractivity contribution >= 4 is 33.2 Å². The zero-order valence-electron chi connectivity index (χ0n) is 33.1. The number of likely N-dealkylation sites (tertiary alicyclic amines) is 1. The Labute approximate surface area is 342 Å². The molecule has 58 heavy (non-hydrogen) atoms. The van der Waals surface area contributed by atoms with Crippen molar-refractivity contribution in [3.05, 3.63) is 76.6 Å². The van der Waals surface area contributed by atoms with E-state index in [0.717, 1.165) is 50.4 Å². The summed E-state index contributed by atoms with van der Waals surface area (Å²) >= 11 is 6.22. The fourth-order valence-corrected chi connectivity index (χ4v) is 10.3. The van der Waals surface area contributed by atoms with Crippen LogP contribution in [0.5, 0.6) is 5.75 Å². The molecule has 1 N–H and O–H groups in total. The first-order chi connectivity index (χ1) is 27.4. The van der Waals surface area contributed by atoms with Gasteiger partial charge in [-0.3, -0.25) is 14.8 Å². The molecule has 3 aliphatic rings. The number of piperazine rings is 1. The summed E-state index contributed by atoms with van der Waals surface area (Å²) < 4.78 is 78.6. The summed E-state index contributed by atoms with van der Waals surface area (Å²) in [7, 11) is -3.52. The number of ether oxygens (including phenoxy) is 2. The SMILES string of the molecule is CC1(C)C(NC(=O)c2cnc(C3CCN(CCOCCCS(=O)(=O)N4CCN(c5cncc(C(F)(F)F)c5)CC4)CC3)cn2)C(C)(C)C1Oc1ccc(C#N)c(Cl)c1. The first-order valence-electron chi connectivity index (χ1n) is 19.4. The molecule has 1 aliphatic carbocycles. The van der Waals surface area contributed by atoms with E-state index in [9.17, 15) is 31.6 Å². The fraction of sp³-hybridized carbons (Fsp3) is 0.575. The number of amides is 1. The number of sulfonamides is 1. The van der Waals surface area contributed by atoms with Crippen LogP contribution in [0.2, 0.25) is 5.02 Å². The second-order valence-electron chi connectivity index (χ2n) is 16.3.